The molecule has 2 aromatic rings. The maximum Gasteiger partial charge on any atom is 0.240 e. The lowest BCUT2D eigenvalue weighted by molar-refractivity contribution is 0.280. The average molecular weight is 570 g/mol. The lowest BCUT2D eigenvalue weighted by Gasteiger charge is -2.28. The van der Waals surface area contributed by atoms with E-state index < -0.39 is 10.0 Å². The highest BCUT2D eigenvalue weighted by molar-refractivity contribution is 7.89. The van der Waals surface area contributed by atoms with Gasteiger partial charge in [-0.25, -0.2) is 13.1 Å². The monoisotopic (exact) mass is 569 g/mol. The van der Waals surface area contributed by atoms with Gasteiger partial charge in [0.25, 0.3) is 0 Å². The van der Waals surface area contributed by atoms with Crippen LogP contribution in [-0.2, 0) is 16.4 Å². The van der Waals surface area contributed by atoms with Crippen molar-refractivity contribution in [3.05, 3.63) is 76.3 Å². The maximum atomic E-state index is 12.4. The smallest absolute Gasteiger partial charge is 0.240 e. The van der Waals surface area contributed by atoms with Crippen LogP contribution < -0.4 is 10.0 Å². The van der Waals surface area contributed by atoms with Gasteiger partial charge in [0.2, 0.25) is 10.0 Å². The Morgan fingerprint density at radius 2 is 1.79 bits per heavy atom. The van der Waals surface area contributed by atoms with Crippen LogP contribution in [-0.4, -0.2) is 33.4 Å². The van der Waals surface area contributed by atoms with E-state index in [0.717, 1.165) is 62.3 Å². The Morgan fingerprint density at radius 3 is 2.46 bits per heavy atom. The van der Waals surface area contributed by atoms with Gasteiger partial charge in [-0.3, -0.25) is 4.99 Å². The first-order valence-electron chi connectivity index (χ1n) is 14.5. The molecule has 5 rings (SSSR count). The summed E-state index contributed by atoms with van der Waals surface area (Å²) < 4.78 is 27.7. The summed E-state index contributed by atoms with van der Waals surface area (Å²) in [5.74, 6) is 2.63. The van der Waals surface area contributed by atoms with E-state index in [4.69, 9.17) is 16.6 Å². The van der Waals surface area contributed by atoms with Gasteiger partial charge in [-0.1, -0.05) is 54.4 Å². The highest BCUT2D eigenvalue weighted by atomic mass is 35.5. The molecule has 0 spiro atoms. The van der Waals surface area contributed by atoms with Gasteiger partial charge in [0, 0.05) is 36.5 Å². The molecule has 2 aliphatic carbocycles. The third kappa shape index (κ3) is 8.18. The van der Waals surface area contributed by atoms with Crippen molar-refractivity contribution >= 4 is 27.5 Å². The van der Waals surface area contributed by atoms with E-state index in [1.807, 2.05) is 12.1 Å². The lowest BCUT2D eigenvalue weighted by Crippen LogP contribution is -2.32. The van der Waals surface area contributed by atoms with E-state index in [1.165, 1.54) is 23.1 Å². The molecular formula is C32H44ClN3O2S. The summed E-state index contributed by atoms with van der Waals surface area (Å²) in [4.78, 5) is 5.31. The number of nitrogens with zero attached hydrogens (tertiary/aromatic N) is 1. The van der Waals surface area contributed by atoms with Crippen LogP contribution in [0.15, 0.2) is 70.1 Å². The summed E-state index contributed by atoms with van der Waals surface area (Å²) in [6, 6.07) is 15.4. The number of halogens is 1. The molecule has 2 atom stereocenters. The highest BCUT2D eigenvalue weighted by Crippen LogP contribution is 2.39. The predicted molar refractivity (Wildman–Crippen MR) is 163 cm³/mol. The number of aliphatic imine (C=N–C) groups is 1. The van der Waals surface area contributed by atoms with Crippen LogP contribution in [0, 0.1) is 11.8 Å². The van der Waals surface area contributed by atoms with Gasteiger partial charge in [-0.15, -0.1) is 0 Å². The normalized spacial score (nSPS) is 25.7. The second kappa shape index (κ2) is 14.0. The highest BCUT2D eigenvalue weighted by Gasteiger charge is 2.36. The average Bonchev–Trinajstić information content (AvgIpc) is 3.40. The number of hydrogen-bond donors (Lipinski definition) is 2. The van der Waals surface area contributed by atoms with E-state index in [9.17, 15) is 8.42 Å². The molecule has 2 fully saturated rings. The molecule has 0 aromatic heterocycles. The molecule has 1 aliphatic heterocycles. The van der Waals surface area contributed by atoms with E-state index >= 15 is 0 Å². The molecule has 2 aromatic carbocycles. The summed E-state index contributed by atoms with van der Waals surface area (Å²) in [5, 5.41) is 4.51. The molecule has 2 N–H and O–H groups in total. The minimum absolute atomic E-state index is 0.337. The van der Waals surface area contributed by atoms with Crippen molar-refractivity contribution in [1.29, 1.82) is 0 Å². The Morgan fingerprint density at radius 1 is 1.08 bits per heavy atom. The van der Waals surface area contributed by atoms with E-state index in [-0.39, 0.29) is 0 Å². The summed E-state index contributed by atoms with van der Waals surface area (Å²) >= 11 is 6.27. The Hall–Kier alpha value is -2.15. The Labute approximate surface area is 240 Å². The second-order valence-corrected chi connectivity index (χ2v) is 13.5. The fourth-order valence-corrected chi connectivity index (χ4v) is 7.17. The van der Waals surface area contributed by atoms with Crippen LogP contribution in [0.25, 0.3) is 0 Å². The molecule has 1 saturated heterocycles. The summed E-state index contributed by atoms with van der Waals surface area (Å²) in [6.07, 6.45) is 10.9. The van der Waals surface area contributed by atoms with E-state index in [2.05, 4.69) is 49.0 Å². The molecule has 7 heteroatoms. The molecule has 0 bridgehead atoms. The quantitative estimate of drug-likeness (QED) is 0.344. The number of aryl methyl sites for hydroxylation is 1. The molecule has 39 heavy (non-hydrogen) atoms. The van der Waals surface area contributed by atoms with Gasteiger partial charge >= 0.3 is 0 Å². The van der Waals surface area contributed by atoms with Crippen LogP contribution in [0.1, 0.15) is 82.8 Å². The minimum atomic E-state index is -3.42. The largest absolute Gasteiger partial charge is 0.370 e. The maximum absolute atomic E-state index is 12.4. The van der Waals surface area contributed by atoms with Gasteiger partial charge < -0.3 is 5.32 Å². The van der Waals surface area contributed by atoms with Crippen LogP contribution in [0.4, 0.5) is 0 Å². The predicted octanol–water partition coefficient (Wildman–Crippen LogP) is 7.28. The van der Waals surface area contributed by atoms with Gasteiger partial charge in [-0.05, 0) is 106 Å². The molecule has 0 radical (unpaired) electrons. The second-order valence-electron chi connectivity index (χ2n) is 11.3. The van der Waals surface area contributed by atoms with Gasteiger partial charge in [0.15, 0.2) is 0 Å². The van der Waals surface area contributed by atoms with Crippen molar-refractivity contribution in [2.45, 2.75) is 89.0 Å². The van der Waals surface area contributed by atoms with Crippen molar-refractivity contribution in [2.24, 2.45) is 16.8 Å². The molecule has 212 valence electrons. The molecule has 2 unspecified atom stereocenters. The standard InChI is InChI=1S/C26H32ClN3O2S.C6H12/c27-21-12-10-20-11-13-25-24(23(20)14-21)15-26(30-25)28-16-18-6-8-19(9-7-18)17-29-33(31,32)22-4-2-1-3-5-22;1-4-6(3)5-2/h1-5,10,12,14,18-19,24-25,29H,6-9,11,13,15-17H2,(H,28,30);4H,5H2,1-3H3/b;6-4+. The van der Waals surface area contributed by atoms with Gasteiger partial charge in [0.05, 0.1) is 10.7 Å². The Balaban J connectivity index is 0.000000531. The number of sulfonamides is 1. The Kier molecular flexibility index (Phi) is 10.7. The van der Waals surface area contributed by atoms with Crippen molar-refractivity contribution in [3.8, 4) is 0 Å². The van der Waals surface area contributed by atoms with E-state index in [0.29, 0.717) is 35.2 Å². The molecule has 5 nitrogen and oxygen atoms in total. The topological polar surface area (TPSA) is 70.6 Å². The van der Waals surface area contributed by atoms with Gasteiger partial charge in [-0.2, -0.15) is 0 Å². The van der Waals surface area contributed by atoms with E-state index in [1.54, 1.807) is 24.3 Å². The van der Waals surface area contributed by atoms with Crippen molar-refractivity contribution in [3.63, 3.8) is 0 Å². The molecule has 3 aliphatic rings. The number of allylic oxidation sites excluding steroid dienone is 2. The molecular weight excluding hydrogens is 526 g/mol. The molecule has 0 amide bonds. The van der Waals surface area contributed by atoms with Crippen LogP contribution in [0.2, 0.25) is 5.02 Å². The third-order valence-electron chi connectivity index (χ3n) is 8.66. The number of benzene rings is 2. The SMILES string of the molecule is C/C=C(\C)CC.O=S(=O)(NCC1CCC(CN=C2CC3c4cc(Cl)ccc4CCC3N2)CC1)c1ccccc1. The zero-order chi connectivity index (χ0) is 27.8. The zero-order valence-electron chi connectivity index (χ0n) is 23.6. The fourth-order valence-electron chi connectivity index (χ4n) is 5.86. The van der Waals surface area contributed by atoms with Crippen LogP contribution >= 0.6 is 11.6 Å². The number of amidine groups is 1. The summed E-state index contributed by atoms with van der Waals surface area (Å²) in [7, 11) is -3.42. The van der Waals surface area contributed by atoms with Crippen LogP contribution in [0.3, 0.4) is 0 Å². The fraction of sp³-hybridized carbons (Fsp3) is 0.531. The van der Waals surface area contributed by atoms with Crippen molar-refractivity contribution in [1.82, 2.24) is 10.0 Å². The first-order valence-corrected chi connectivity index (χ1v) is 16.4. The Bertz CT molecular complexity index is 1250. The van der Waals surface area contributed by atoms with Gasteiger partial charge in [0.1, 0.15) is 0 Å². The van der Waals surface area contributed by atoms with Crippen LogP contribution in [0.5, 0.6) is 0 Å². The minimum Gasteiger partial charge on any atom is -0.370 e. The summed E-state index contributed by atoms with van der Waals surface area (Å²) in [5.41, 5.74) is 4.30. The number of rotatable bonds is 7. The first kappa shape index (κ1) is 29.8. The summed E-state index contributed by atoms with van der Waals surface area (Å²) in [6.45, 7) is 7.76. The lowest BCUT2D eigenvalue weighted by atomic mass is 9.80. The van der Waals surface area contributed by atoms with Crippen molar-refractivity contribution in [2.75, 3.05) is 13.1 Å². The number of hydrogen-bond acceptors (Lipinski definition) is 3. The van der Waals surface area contributed by atoms with Crippen molar-refractivity contribution < 1.29 is 8.42 Å². The molecule has 1 saturated carbocycles. The zero-order valence-corrected chi connectivity index (χ0v) is 25.2. The third-order valence-corrected chi connectivity index (χ3v) is 10.3. The number of nitrogens with one attached hydrogen (secondary N) is 2. The first-order chi connectivity index (χ1) is 18.8. The molecule has 1 heterocycles. The number of fused-ring (bicyclic) bond motifs is 3.